The molecule has 3 aromatic heterocycles. The molecule has 7 heteroatoms. The maximum absolute atomic E-state index is 4.55. The lowest BCUT2D eigenvalue weighted by Gasteiger charge is -2.20. The van der Waals surface area contributed by atoms with E-state index >= 15 is 0 Å². The number of aryl methyl sites for hydroxylation is 2. The molecule has 0 aliphatic carbocycles. The summed E-state index contributed by atoms with van der Waals surface area (Å²) in [6.45, 7) is 2.08. The molecule has 0 radical (unpaired) electrons. The van der Waals surface area contributed by atoms with Gasteiger partial charge in [-0.15, -0.1) is 0 Å². The first kappa shape index (κ1) is 16.7. The number of pyridine rings is 1. The summed E-state index contributed by atoms with van der Waals surface area (Å²) >= 11 is 3.52. The van der Waals surface area contributed by atoms with Crippen molar-refractivity contribution in [2.45, 2.75) is 13.0 Å². The van der Waals surface area contributed by atoms with Crippen molar-refractivity contribution < 1.29 is 0 Å². The van der Waals surface area contributed by atoms with Crippen LogP contribution in [0.25, 0.3) is 11.0 Å². The Kier molecular flexibility index (Phi) is 4.38. The number of anilines is 1. The number of hydrogen-bond donors (Lipinski definition) is 1. The van der Waals surface area contributed by atoms with Crippen molar-refractivity contribution in [2.24, 2.45) is 7.05 Å². The molecule has 1 aromatic carbocycles. The minimum atomic E-state index is -0.138. The highest BCUT2D eigenvalue weighted by atomic mass is 79.9. The SMILES string of the molecule is Cc1cccc(C(Nc2ncnc3c2c(Br)nn3C)c2ccccn2)c1. The number of nitrogens with zero attached hydrogens (tertiary/aromatic N) is 5. The van der Waals surface area contributed by atoms with Crippen LogP contribution in [0.3, 0.4) is 0 Å². The third-order valence-electron chi connectivity index (χ3n) is 4.22. The van der Waals surface area contributed by atoms with E-state index in [1.165, 1.54) is 5.56 Å². The van der Waals surface area contributed by atoms with Gasteiger partial charge in [0.05, 0.1) is 17.1 Å². The van der Waals surface area contributed by atoms with Crippen molar-refractivity contribution in [3.63, 3.8) is 0 Å². The highest BCUT2D eigenvalue weighted by Gasteiger charge is 2.20. The van der Waals surface area contributed by atoms with Crippen LogP contribution >= 0.6 is 15.9 Å². The first-order valence-electron chi connectivity index (χ1n) is 8.20. The number of aromatic nitrogens is 5. The smallest absolute Gasteiger partial charge is 0.164 e. The molecule has 0 spiro atoms. The Bertz CT molecular complexity index is 1060. The van der Waals surface area contributed by atoms with Gasteiger partial charge in [0.15, 0.2) is 5.65 Å². The fourth-order valence-electron chi connectivity index (χ4n) is 3.01. The van der Waals surface area contributed by atoms with Crippen LogP contribution in [0.15, 0.2) is 59.6 Å². The molecule has 130 valence electrons. The molecular weight excluding hydrogens is 392 g/mol. The van der Waals surface area contributed by atoms with E-state index in [1.807, 2.05) is 25.2 Å². The maximum atomic E-state index is 4.55. The largest absolute Gasteiger partial charge is 0.357 e. The van der Waals surface area contributed by atoms with E-state index in [2.05, 4.69) is 72.5 Å². The van der Waals surface area contributed by atoms with E-state index in [9.17, 15) is 0 Å². The summed E-state index contributed by atoms with van der Waals surface area (Å²) in [6, 6.07) is 14.2. The van der Waals surface area contributed by atoms with Gasteiger partial charge in [0.25, 0.3) is 0 Å². The van der Waals surface area contributed by atoms with E-state index < -0.39 is 0 Å². The van der Waals surface area contributed by atoms with Crippen LogP contribution < -0.4 is 5.32 Å². The van der Waals surface area contributed by atoms with Crippen LogP contribution in [0.4, 0.5) is 5.82 Å². The predicted octanol–water partition coefficient (Wildman–Crippen LogP) is 4.03. The minimum Gasteiger partial charge on any atom is -0.357 e. The zero-order valence-electron chi connectivity index (χ0n) is 14.4. The second kappa shape index (κ2) is 6.84. The normalized spacial score (nSPS) is 12.3. The van der Waals surface area contributed by atoms with Crippen molar-refractivity contribution in [3.8, 4) is 0 Å². The van der Waals surface area contributed by atoms with Gasteiger partial charge in [-0.3, -0.25) is 4.98 Å². The van der Waals surface area contributed by atoms with Crippen LogP contribution in [-0.2, 0) is 7.05 Å². The topological polar surface area (TPSA) is 68.5 Å². The van der Waals surface area contributed by atoms with Crippen molar-refractivity contribution in [1.82, 2.24) is 24.7 Å². The van der Waals surface area contributed by atoms with Gasteiger partial charge in [0.1, 0.15) is 16.7 Å². The molecule has 0 fully saturated rings. The number of fused-ring (bicyclic) bond motifs is 1. The number of rotatable bonds is 4. The average Bonchev–Trinajstić information content (AvgIpc) is 2.95. The second-order valence-electron chi connectivity index (χ2n) is 6.08. The fraction of sp³-hybridized carbons (Fsp3) is 0.158. The number of hydrogen-bond acceptors (Lipinski definition) is 5. The fourth-order valence-corrected chi connectivity index (χ4v) is 3.61. The molecule has 0 aliphatic heterocycles. The van der Waals surface area contributed by atoms with Crippen molar-refractivity contribution in [1.29, 1.82) is 0 Å². The molecular formula is C19H17BrN6. The van der Waals surface area contributed by atoms with Crippen LogP contribution in [0, 0.1) is 6.92 Å². The first-order chi connectivity index (χ1) is 12.6. The molecule has 1 unspecified atom stereocenters. The summed E-state index contributed by atoms with van der Waals surface area (Å²) in [6.07, 6.45) is 3.35. The molecule has 0 bridgehead atoms. The van der Waals surface area contributed by atoms with E-state index in [0.29, 0.717) is 10.4 Å². The van der Waals surface area contributed by atoms with Crippen molar-refractivity contribution in [2.75, 3.05) is 5.32 Å². The van der Waals surface area contributed by atoms with E-state index in [-0.39, 0.29) is 6.04 Å². The Balaban J connectivity index is 1.84. The van der Waals surface area contributed by atoms with Gasteiger partial charge >= 0.3 is 0 Å². The predicted molar refractivity (Wildman–Crippen MR) is 105 cm³/mol. The quantitative estimate of drug-likeness (QED) is 0.551. The van der Waals surface area contributed by atoms with Crippen LogP contribution in [-0.4, -0.2) is 24.7 Å². The van der Waals surface area contributed by atoms with Gasteiger partial charge in [0.2, 0.25) is 0 Å². The average molecular weight is 409 g/mol. The Morgan fingerprint density at radius 3 is 2.73 bits per heavy atom. The summed E-state index contributed by atoms with van der Waals surface area (Å²) in [5.74, 6) is 0.715. The van der Waals surface area contributed by atoms with Gasteiger partial charge in [-0.1, -0.05) is 35.9 Å². The summed E-state index contributed by atoms with van der Waals surface area (Å²) in [5, 5.41) is 8.78. The Labute approximate surface area is 159 Å². The van der Waals surface area contributed by atoms with Crippen molar-refractivity contribution >= 4 is 32.8 Å². The number of nitrogens with one attached hydrogen (secondary N) is 1. The lowest BCUT2D eigenvalue weighted by atomic mass is 10.0. The van der Waals surface area contributed by atoms with Gasteiger partial charge < -0.3 is 5.32 Å². The molecule has 3 heterocycles. The maximum Gasteiger partial charge on any atom is 0.164 e. The number of benzene rings is 1. The zero-order chi connectivity index (χ0) is 18.1. The molecule has 4 aromatic rings. The summed E-state index contributed by atoms with van der Waals surface area (Å²) < 4.78 is 2.44. The molecule has 1 N–H and O–H groups in total. The van der Waals surface area contributed by atoms with E-state index in [4.69, 9.17) is 0 Å². The standard InChI is InChI=1S/C19H17BrN6/c1-12-6-5-7-13(10-12)16(14-8-3-4-9-21-14)24-18-15-17(20)25-26(2)19(15)23-11-22-18/h3-11,16H,1-2H3,(H,22,23,24). The highest BCUT2D eigenvalue weighted by Crippen LogP contribution is 2.31. The number of halogens is 1. The Morgan fingerprint density at radius 2 is 1.96 bits per heavy atom. The molecule has 1 atom stereocenters. The molecule has 0 aliphatic rings. The van der Waals surface area contributed by atoms with E-state index in [0.717, 1.165) is 22.3 Å². The van der Waals surface area contributed by atoms with Crippen LogP contribution in [0.1, 0.15) is 22.9 Å². The molecule has 4 rings (SSSR count). The van der Waals surface area contributed by atoms with Gasteiger partial charge in [-0.25, -0.2) is 14.6 Å². The minimum absolute atomic E-state index is 0.138. The molecule has 0 amide bonds. The Morgan fingerprint density at radius 1 is 1.08 bits per heavy atom. The lowest BCUT2D eigenvalue weighted by Crippen LogP contribution is -2.15. The van der Waals surface area contributed by atoms with Crippen molar-refractivity contribution in [3.05, 3.63) is 76.4 Å². The van der Waals surface area contributed by atoms with Gasteiger partial charge in [-0.05, 0) is 40.5 Å². The molecule has 0 saturated carbocycles. The molecule has 26 heavy (non-hydrogen) atoms. The van der Waals surface area contributed by atoms with Gasteiger partial charge in [-0.2, -0.15) is 5.10 Å². The van der Waals surface area contributed by atoms with Crippen LogP contribution in [0.5, 0.6) is 0 Å². The summed E-state index contributed by atoms with van der Waals surface area (Å²) in [4.78, 5) is 13.3. The van der Waals surface area contributed by atoms with Crippen LogP contribution in [0.2, 0.25) is 0 Å². The van der Waals surface area contributed by atoms with E-state index in [1.54, 1.807) is 17.2 Å². The highest BCUT2D eigenvalue weighted by molar-refractivity contribution is 9.10. The monoisotopic (exact) mass is 408 g/mol. The molecule has 6 nitrogen and oxygen atoms in total. The zero-order valence-corrected chi connectivity index (χ0v) is 16.0. The Hall–Kier alpha value is -2.80. The summed E-state index contributed by atoms with van der Waals surface area (Å²) in [7, 11) is 1.86. The van der Waals surface area contributed by atoms with Gasteiger partial charge in [0, 0.05) is 13.2 Å². The third-order valence-corrected chi connectivity index (χ3v) is 4.77. The molecule has 0 saturated heterocycles. The second-order valence-corrected chi connectivity index (χ2v) is 6.83. The lowest BCUT2D eigenvalue weighted by molar-refractivity contribution is 0.777. The first-order valence-corrected chi connectivity index (χ1v) is 9.00. The third kappa shape index (κ3) is 3.06. The summed E-state index contributed by atoms with van der Waals surface area (Å²) in [5.41, 5.74) is 4.00.